The average molecular weight is 238 g/mol. The molecule has 96 valence electrons. The summed E-state index contributed by atoms with van der Waals surface area (Å²) in [6.45, 7) is 6.21. The Morgan fingerprint density at radius 3 is 2.41 bits per heavy atom. The summed E-state index contributed by atoms with van der Waals surface area (Å²) < 4.78 is 13.7. The van der Waals surface area contributed by atoms with Gasteiger partial charge in [0, 0.05) is 24.7 Å². The van der Waals surface area contributed by atoms with Crippen LogP contribution >= 0.6 is 0 Å². The van der Waals surface area contributed by atoms with Gasteiger partial charge in [0.25, 0.3) is 0 Å². The highest BCUT2D eigenvalue weighted by Crippen LogP contribution is 2.17. The highest BCUT2D eigenvalue weighted by atomic mass is 19.1. The lowest BCUT2D eigenvalue weighted by atomic mass is 10.1. The summed E-state index contributed by atoms with van der Waals surface area (Å²) in [4.78, 5) is 2.23. The molecule has 1 aromatic carbocycles. The van der Waals surface area contributed by atoms with Gasteiger partial charge in [-0.3, -0.25) is 0 Å². The second kappa shape index (κ2) is 6.72. The van der Waals surface area contributed by atoms with E-state index in [2.05, 4.69) is 31.1 Å². The molecule has 0 aliphatic carbocycles. The molecule has 0 saturated heterocycles. The van der Waals surface area contributed by atoms with E-state index in [1.165, 1.54) is 6.07 Å². The Kier molecular flexibility index (Phi) is 5.59. The van der Waals surface area contributed by atoms with Gasteiger partial charge in [-0.05, 0) is 26.1 Å². The number of likely N-dealkylation sites (N-methyl/N-ethyl adjacent to an activating group) is 2. The molecule has 1 atom stereocenters. The van der Waals surface area contributed by atoms with Crippen LogP contribution in [0.4, 0.5) is 4.39 Å². The summed E-state index contributed by atoms with van der Waals surface area (Å²) in [6, 6.07) is 7.01. The van der Waals surface area contributed by atoms with Crippen molar-refractivity contribution in [3.63, 3.8) is 0 Å². The Bertz CT molecular complexity index is 339. The first-order chi connectivity index (χ1) is 8.04. The quantitative estimate of drug-likeness (QED) is 0.819. The average Bonchev–Trinajstić information content (AvgIpc) is 2.26. The van der Waals surface area contributed by atoms with Crippen LogP contribution in [0.3, 0.4) is 0 Å². The molecule has 2 nitrogen and oxygen atoms in total. The summed E-state index contributed by atoms with van der Waals surface area (Å²) in [5.74, 6) is 0.489. The van der Waals surface area contributed by atoms with Gasteiger partial charge in [0.15, 0.2) is 0 Å². The van der Waals surface area contributed by atoms with Crippen LogP contribution in [0.5, 0.6) is 0 Å². The van der Waals surface area contributed by atoms with Gasteiger partial charge in [0.2, 0.25) is 0 Å². The van der Waals surface area contributed by atoms with Crippen LogP contribution in [0.25, 0.3) is 0 Å². The number of rotatable bonds is 6. The van der Waals surface area contributed by atoms with Gasteiger partial charge in [-0.25, -0.2) is 4.39 Å². The van der Waals surface area contributed by atoms with E-state index in [-0.39, 0.29) is 11.9 Å². The van der Waals surface area contributed by atoms with E-state index in [0.29, 0.717) is 5.92 Å². The minimum Gasteiger partial charge on any atom is -0.312 e. The maximum absolute atomic E-state index is 13.7. The third-order valence-electron chi connectivity index (χ3n) is 2.80. The van der Waals surface area contributed by atoms with Crippen molar-refractivity contribution in [2.75, 3.05) is 27.2 Å². The van der Waals surface area contributed by atoms with Crippen molar-refractivity contribution in [1.29, 1.82) is 0 Å². The third kappa shape index (κ3) is 4.44. The fourth-order valence-corrected chi connectivity index (χ4v) is 2.11. The highest BCUT2D eigenvalue weighted by Gasteiger charge is 2.15. The second-order valence-electron chi connectivity index (χ2n) is 4.98. The zero-order valence-corrected chi connectivity index (χ0v) is 11.2. The predicted molar refractivity (Wildman–Crippen MR) is 70.5 cm³/mol. The number of hydrogen-bond acceptors (Lipinski definition) is 2. The zero-order valence-electron chi connectivity index (χ0n) is 11.2. The lowest BCUT2D eigenvalue weighted by Crippen LogP contribution is -2.33. The molecule has 0 amide bonds. The Hall–Kier alpha value is -0.930. The van der Waals surface area contributed by atoms with Crippen LogP contribution in [-0.4, -0.2) is 32.1 Å². The highest BCUT2D eigenvalue weighted by molar-refractivity contribution is 5.21. The van der Waals surface area contributed by atoms with Crippen molar-refractivity contribution in [2.24, 2.45) is 5.92 Å². The SMILES string of the molecule is CNC(CN(C)CC(C)C)c1ccccc1F. The third-order valence-corrected chi connectivity index (χ3v) is 2.80. The maximum atomic E-state index is 13.7. The molecule has 0 aliphatic heterocycles. The lowest BCUT2D eigenvalue weighted by Gasteiger charge is -2.25. The summed E-state index contributed by atoms with van der Waals surface area (Å²) >= 11 is 0. The van der Waals surface area contributed by atoms with Crippen LogP contribution < -0.4 is 5.32 Å². The summed E-state index contributed by atoms with van der Waals surface area (Å²) in [5, 5.41) is 3.18. The number of hydrogen-bond donors (Lipinski definition) is 1. The van der Waals surface area contributed by atoms with Gasteiger partial charge in [0.05, 0.1) is 0 Å². The van der Waals surface area contributed by atoms with Crippen LogP contribution in [0.15, 0.2) is 24.3 Å². The monoisotopic (exact) mass is 238 g/mol. The van der Waals surface area contributed by atoms with Crippen molar-refractivity contribution in [2.45, 2.75) is 19.9 Å². The van der Waals surface area contributed by atoms with Gasteiger partial charge < -0.3 is 10.2 Å². The van der Waals surface area contributed by atoms with E-state index in [4.69, 9.17) is 0 Å². The smallest absolute Gasteiger partial charge is 0.128 e. The Balaban J connectivity index is 2.69. The molecule has 1 rings (SSSR count). The molecular formula is C14H23FN2. The van der Waals surface area contributed by atoms with Crippen molar-refractivity contribution in [3.8, 4) is 0 Å². The predicted octanol–water partition coefficient (Wildman–Crippen LogP) is 2.67. The van der Waals surface area contributed by atoms with E-state index < -0.39 is 0 Å². The molecule has 3 heteroatoms. The molecule has 0 heterocycles. The van der Waals surface area contributed by atoms with Gasteiger partial charge in [-0.1, -0.05) is 32.0 Å². The fourth-order valence-electron chi connectivity index (χ4n) is 2.11. The van der Waals surface area contributed by atoms with Crippen LogP contribution in [0.1, 0.15) is 25.5 Å². The number of halogens is 1. The van der Waals surface area contributed by atoms with E-state index in [9.17, 15) is 4.39 Å². The first-order valence-corrected chi connectivity index (χ1v) is 6.14. The maximum Gasteiger partial charge on any atom is 0.128 e. The molecular weight excluding hydrogens is 215 g/mol. The zero-order chi connectivity index (χ0) is 12.8. The Labute approximate surface area is 104 Å². The van der Waals surface area contributed by atoms with E-state index in [0.717, 1.165) is 18.7 Å². The molecule has 1 N–H and O–H groups in total. The number of nitrogens with zero attached hydrogens (tertiary/aromatic N) is 1. The van der Waals surface area contributed by atoms with Gasteiger partial charge in [-0.2, -0.15) is 0 Å². The van der Waals surface area contributed by atoms with Crippen LogP contribution in [0.2, 0.25) is 0 Å². The minimum absolute atomic E-state index is 0.0416. The normalized spacial score (nSPS) is 13.4. The van der Waals surface area contributed by atoms with Crippen molar-refractivity contribution < 1.29 is 4.39 Å². The lowest BCUT2D eigenvalue weighted by molar-refractivity contribution is 0.265. The Morgan fingerprint density at radius 2 is 1.88 bits per heavy atom. The molecule has 0 radical (unpaired) electrons. The standard InChI is InChI=1S/C14H23FN2/c1-11(2)9-17(4)10-14(16-3)12-7-5-6-8-13(12)15/h5-8,11,14,16H,9-10H2,1-4H3. The van der Waals surface area contributed by atoms with E-state index >= 15 is 0 Å². The molecule has 0 aliphatic rings. The molecule has 0 aromatic heterocycles. The van der Waals surface area contributed by atoms with E-state index in [1.807, 2.05) is 19.2 Å². The number of benzene rings is 1. The molecule has 1 unspecified atom stereocenters. The fraction of sp³-hybridized carbons (Fsp3) is 0.571. The van der Waals surface area contributed by atoms with Gasteiger partial charge >= 0.3 is 0 Å². The van der Waals surface area contributed by atoms with Crippen molar-refractivity contribution in [1.82, 2.24) is 10.2 Å². The first kappa shape index (κ1) is 14.1. The molecule has 0 bridgehead atoms. The minimum atomic E-state index is -0.134. The molecule has 0 spiro atoms. The van der Waals surface area contributed by atoms with Crippen LogP contribution in [0, 0.1) is 11.7 Å². The van der Waals surface area contributed by atoms with Crippen LogP contribution in [-0.2, 0) is 0 Å². The summed E-state index contributed by atoms with van der Waals surface area (Å²) in [7, 11) is 3.95. The van der Waals surface area contributed by atoms with Gasteiger partial charge in [0.1, 0.15) is 5.82 Å². The topological polar surface area (TPSA) is 15.3 Å². The molecule has 0 fully saturated rings. The number of nitrogens with one attached hydrogen (secondary N) is 1. The van der Waals surface area contributed by atoms with Crippen molar-refractivity contribution >= 4 is 0 Å². The van der Waals surface area contributed by atoms with Gasteiger partial charge in [-0.15, -0.1) is 0 Å². The Morgan fingerprint density at radius 1 is 1.24 bits per heavy atom. The largest absolute Gasteiger partial charge is 0.312 e. The second-order valence-corrected chi connectivity index (χ2v) is 4.98. The summed E-state index contributed by atoms with van der Waals surface area (Å²) in [5.41, 5.74) is 0.741. The first-order valence-electron chi connectivity index (χ1n) is 6.14. The van der Waals surface area contributed by atoms with E-state index in [1.54, 1.807) is 6.07 Å². The molecule has 1 aromatic rings. The molecule has 0 saturated carbocycles. The summed E-state index contributed by atoms with van der Waals surface area (Å²) in [6.07, 6.45) is 0. The molecule has 17 heavy (non-hydrogen) atoms. The van der Waals surface area contributed by atoms with Crippen molar-refractivity contribution in [3.05, 3.63) is 35.6 Å².